The van der Waals surface area contributed by atoms with Gasteiger partial charge in [-0.1, -0.05) is 78.6 Å². The molecule has 21 atom stereocenters. The van der Waals surface area contributed by atoms with Crippen molar-refractivity contribution in [2.75, 3.05) is 0 Å². The highest BCUT2D eigenvalue weighted by Crippen LogP contribution is 2.70. The zero-order valence-electron chi connectivity index (χ0n) is 37.7. The summed E-state index contributed by atoms with van der Waals surface area (Å²) in [6.07, 6.45) is 43.9. The number of hydrogen-bond donors (Lipinski definition) is 0. The SMILES string of the molecule is CC1C(C2CCC3CCC4CCCC5CCC2C3C45)C(C)C(C2CCC3CCC4CCCC5CCC2C3C45)C(C)C1C1CCC2CCC3CCCC4CCC1C2C34. The summed E-state index contributed by atoms with van der Waals surface area (Å²) in [5, 5.41) is 0. The highest BCUT2D eigenvalue weighted by atomic mass is 14.7. The third-order valence-corrected chi connectivity index (χ3v) is 25.9. The van der Waals surface area contributed by atoms with E-state index in [9.17, 15) is 0 Å². The second kappa shape index (κ2) is 14.5. The van der Waals surface area contributed by atoms with Crippen LogP contribution in [0.1, 0.15) is 194 Å². The van der Waals surface area contributed by atoms with Crippen LogP contribution in [-0.2, 0) is 0 Å². The summed E-state index contributed by atoms with van der Waals surface area (Å²) < 4.78 is 0. The van der Waals surface area contributed by atoms with E-state index in [1.807, 2.05) is 0 Å². The second-order valence-corrected chi connectivity index (χ2v) is 26.6. The molecule has 0 nitrogen and oxygen atoms in total. The lowest BCUT2D eigenvalue weighted by Crippen LogP contribution is -2.60. The van der Waals surface area contributed by atoms with Gasteiger partial charge < -0.3 is 0 Å². The van der Waals surface area contributed by atoms with E-state index in [0.29, 0.717) is 0 Å². The van der Waals surface area contributed by atoms with Gasteiger partial charge in [0.1, 0.15) is 0 Å². The standard InChI is InChI=1S/C57H90/c1-31-49(43-25-22-40-16-13-34-7-4-10-37-19-28-46(43)55(40)52(34)37)32(2)51(45-27-24-42-18-15-36-9-6-12-39-21-30-48(45)57(42)54(36)39)33(3)50(31)44-26-23-41-17-14-35-8-5-11-38-20-29-47(44)56(41)53(35)38/h31-57H,4-30H2,1-3H3. The Labute approximate surface area is 352 Å². The third-order valence-electron chi connectivity index (χ3n) is 25.9. The first kappa shape index (κ1) is 37.5. The molecule has 0 amide bonds. The average Bonchev–Trinajstić information content (AvgIpc) is 3.25. The van der Waals surface area contributed by atoms with Gasteiger partial charge in [0.15, 0.2) is 0 Å². The van der Waals surface area contributed by atoms with Crippen molar-refractivity contribution >= 4 is 0 Å². The Balaban J connectivity index is 0.878. The van der Waals surface area contributed by atoms with Gasteiger partial charge in [-0.05, 0) is 275 Å². The third kappa shape index (κ3) is 5.58. The molecule has 0 aliphatic heterocycles. The van der Waals surface area contributed by atoms with Crippen molar-refractivity contribution in [1.82, 2.24) is 0 Å². The van der Waals surface area contributed by atoms with Crippen LogP contribution in [0.3, 0.4) is 0 Å². The summed E-state index contributed by atoms with van der Waals surface area (Å²) in [4.78, 5) is 0. The Morgan fingerprint density at radius 2 is 0.351 bits per heavy atom. The molecule has 0 N–H and O–H groups in total. The van der Waals surface area contributed by atoms with Crippen LogP contribution >= 0.6 is 0 Å². The molecule has 318 valence electrons. The van der Waals surface area contributed by atoms with Gasteiger partial charge in [0, 0.05) is 0 Å². The van der Waals surface area contributed by atoms with E-state index >= 15 is 0 Å². The smallest absolute Gasteiger partial charge is 0.0321 e. The van der Waals surface area contributed by atoms with E-state index in [1.165, 1.54) is 0 Å². The summed E-state index contributed by atoms with van der Waals surface area (Å²) in [6, 6.07) is 0. The van der Waals surface area contributed by atoms with Gasteiger partial charge in [-0.3, -0.25) is 0 Å². The summed E-state index contributed by atoms with van der Waals surface area (Å²) in [7, 11) is 0. The Hall–Kier alpha value is 0. The molecule has 13 aliphatic rings. The Morgan fingerprint density at radius 1 is 0.175 bits per heavy atom. The lowest BCUT2D eigenvalue weighted by molar-refractivity contribution is -0.180. The largest absolute Gasteiger partial charge is 0.0619 e. The summed E-state index contributed by atoms with van der Waals surface area (Å²) in [5.41, 5.74) is 0. The predicted molar refractivity (Wildman–Crippen MR) is 236 cm³/mol. The molecule has 57 heavy (non-hydrogen) atoms. The zero-order valence-corrected chi connectivity index (χ0v) is 37.7. The van der Waals surface area contributed by atoms with Crippen LogP contribution in [-0.4, -0.2) is 0 Å². The predicted octanol–water partition coefficient (Wildman–Crippen LogP) is 15.4. The molecule has 0 radical (unpaired) electrons. The Bertz CT molecular complexity index is 1260. The molecule has 0 heterocycles. The van der Waals surface area contributed by atoms with E-state index in [4.69, 9.17) is 0 Å². The molecule has 0 aromatic rings. The fraction of sp³-hybridized carbons (Fsp3) is 1.00. The number of hydrogen-bond acceptors (Lipinski definition) is 0. The van der Waals surface area contributed by atoms with Gasteiger partial charge in [0.25, 0.3) is 0 Å². The maximum Gasteiger partial charge on any atom is -0.0321 e. The maximum absolute atomic E-state index is 3.00. The van der Waals surface area contributed by atoms with E-state index in [-0.39, 0.29) is 0 Å². The van der Waals surface area contributed by atoms with Crippen LogP contribution in [0.5, 0.6) is 0 Å². The maximum atomic E-state index is 3.00. The van der Waals surface area contributed by atoms with Crippen LogP contribution in [0.4, 0.5) is 0 Å². The number of rotatable bonds is 3. The van der Waals surface area contributed by atoms with Gasteiger partial charge in [0.2, 0.25) is 0 Å². The Kier molecular flexibility index (Phi) is 9.57. The molecule has 0 bridgehead atoms. The van der Waals surface area contributed by atoms with Gasteiger partial charge in [-0.15, -0.1) is 0 Å². The minimum Gasteiger partial charge on any atom is -0.0619 e. The molecule has 0 saturated heterocycles. The molecule has 0 spiro atoms. The molecular weight excluding hydrogens is 685 g/mol. The van der Waals surface area contributed by atoms with Crippen LogP contribution < -0.4 is 0 Å². The molecule has 13 rings (SSSR count). The van der Waals surface area contributed by atoms with Crippen molar-refractivity contribution in [3.05, 3.63) is 0 Å². The fourth-order valence-corrected chi connectivity index (χ4v) is 25.0. The normalized spacial score (nSPS) is 62.7. The lowest BCUT2D eigenvalue weighted by Gasteiger charge is -2.66. The molecule has 13 fully saturated rings. The molecule has 0 aromatic carbocycles. The first-order valence-corrected chi connectivity index (χ1v) is 28.0. The molecule has 0 heteroatoms. The topological polar surface area (TPSA) is 0 Å². The van der Waals surface area contributed by atoms with Crippen LogP contribution in [0.15, 0.2) is 0 Å². The van der Waals surface area contributed by atoms with Crippen LogP contribution in [0.25, 0.3) is 0 Å². The molecule has 13 saturated carbocycles. The van der Waals surface area contributed by atoms with Crippen LogP contribution in [0.2, 0.25) is 0 Å². The molecule has 21 unspecified atom stereocenters. The van der Waals surface area contributed by atoms with Gasteiger partial charge in [0.05, 0.1) is 0 Å². The van der Waals surface area contributed by atoms with Crippen molar-refractivity contribution in [2.24, 2.45) is 160 Å². The van der Waals surface area contributed by atoms with E-state index in [2.05, 4.69) is 20.8 Å². The van der Waals surface area contributed by atoms with Crippen molar-refractivity contribution in [3.63, 3.8) is 0 Å². The van der Waals surface area contributed by atoms with Gasteiger partial charge in [-0.25, -0.2) is 0 Å². The molecule has 13 aliphatic carbocycles. The molecular formula is C57H90. The first-order valence-electron chi connectivity index (χ1n) is 28.0. The summed E-state index contributed by atoms with van der Waals surface area (Å²) in [6.45, 7) is 9.00. The lowest BCUT2D eigenvalue weighted by atomic mass is 9.39. The zero-order chi connectivity index (χ0) is 37.7. The van der Waals surface area contributed by atoms with Gasteiger partial charge >= 0.3 is 0 Å². The van der Waals surface area contributed by atoms with E-state index in [0.717, 1.165) is 160 Å². The van der Waals surface area contributed by atoms with E-state index < -0.39 is 0 Å². The van der Waals surface area contributed by atoms with Crippen molar-refractivity contribution in [2.45, 2.75) is 194 Å². The molecule has 0 aromatic heterocycles. The minimum absolute atomic E-state index is 0.978. The van der Waals surface area contributed by atoms with Gasteiger partial charge in [-0.2, -0.15) is 0 Å². The monoisotopic (exact) mass is 775 g/mol. The van der Waals surface area contributed by atoms with Crippen LogP contribution in [0, 0.1) is 160 Å². The summed E-state index contributed by atoms with van der Waals surface area (Å²) in [5.74, 6) is 29.6. The minimum atomic E-state index is 0.978. The summed E-state index contributed by atoms with van der Waals surface area (Å²) >= 11 is 0. The van der Waals surface area contributed by atoms with E-state index in [1.54, 1.807) is 173 Å². The highest BCUT2D eigenvalue weighted by molar-refractivity contribution is 5.12. The first-order chi connectivity index (χ1) is 28.0. The average molecular weight is 775 g/mol. The van der Waals surface area contributed by atoms with Crippen molar-refractivity contribution < 1.29 is 0 Å². The van der Waals surface area contributed by atoms with Crippen molar-refractivity contribution in [1.29, 1.82) is 0 Å². The highest BCUT2D eigenvalue weighted by Gasteiger charge is 2.63. The Morgan fingerprint density at radius 3 is 0.579 bits per heavy atom. The second-order valence-electron chi connectivity index (χ2n) is 26.6. The quantitative estimate of drug-likeness (QED) is 0.268. The fourth-order valence-electron chi connectivity index (χ4n) is 25.0. The van der Waals surface area contributed by atoms with Crippen molar-refractivity contribution in [3.8, 4) is 0 Å².